The molecule has 5 nitrogen and oxygen atoms in total. The highest BCUT2D eigenvalue weighted by molar-refractivity contribution is 6.04. The van der Waals surface area contributed by atoms with Gasteiger partial charge in [0.2, 0.25) is 0 Å². The molecule has 0 atom stereocenters. The van der Waals surface area contributed by atoms with Crippen LogP contribution in [0.5, 0.6) is 0 Å². The fraction of sp³-hybridized carbons (Fsp3) is 0.143. The molecule has 1 heterocycles. The molecule has 0 aliphatic carbocycles. The lowest BCUT2D eigenvalue weighted by Gasteiger charge is -2.14. The molecule has 0 aliphatic rings. The predicted molar refractivity (Wildman–Crippen MR) is 137 cm³/mol. The van der Waals surface area contributed by atoms with Crippen molar-refractivity contribution in [3.8, 4) is 11.1 Å². The molecule has 36 heavy (non-hydrogen) atoms. The van der Waals surface area contributed by atoms with Crippen LogP contribution in [0.15, 0.2) is 91.1 Å². The number of rotatable bonds is 7. The summed E-state index contributed by atoms with van der Waals surface area (Å²) in [6.07, 6.45) is -2.74. The highest BCUT2D eigenvalue weighted by atomic mass is 19.4. The van der Waals surface area contributed by atoms with Crippen molar-refractivity contribution in [2.45, 2.75) is 12.7 Å². The van der Waals surface area contributed by atoms with E-state index in [1.807, 2.05) is 49.3 Å². The molecule has 0 fully saturated rings. The number of carbonyl (C=O) groups excluding carboxylic acids is 1. The Morgan fingerprint density at radius 2 is 1.61 bits per heavy atom. The summed E-state index contributed by atoms with van der Waals surface area (Å²) in [4.78, 5) is 19.1. The molecule has 1 amide bonds. The second kappa shape index (κ2) is 10.5. The number of alkyl halides is 3. The quantitative estimate of drug-likeness (QED) is 0.303. The van der Waals surface area contributed by atoms with Crippen molar-refractivity contribution in [3.63, 3.8) is 0 Å². The van der Waals surface area contributed by atoms with Gasteiger partial charge in [-0.1, -0.05) is 36.4 Å². The molecule has 8 heteroatoms. The Morgan fingerprint density at radius 1 is 0.889 bits per heavy atom. The summed E-state index contributed by atoms with van der Waals surface area (Å²) in [6.45, 7) is -0.0285. The summed E-state index contributed by atoms with van der Waals surface area (Å²) in [5.74, 6) is 0.0241. The molecule has 0 unspecified atom stereocenters. The SMILES string of the molecule is CN(C)c1ccc(-c2ccc(NC(=O)c3cccc(NCc4ccccc4C(F)(F)F)c3)nc2)cc1. The Labute approximate surface area is 207 Å². The van der Waals surface area contributed by atoms with Crippen LogP contribution in [0.3, 0.4) is 0 Å². The van der Waals surface area contributed by atoms with Gasteiger partial charge in [-0.15, -0.1) is 0 Å². The Morgan fingerprint density at radius 3 is 2.28 bits per heavy atom. The Balaban J connectivity index is 1.41. The monoisotopic (exact) mass is 490 g/mol. The lowest BCUT2D eigenvalue weighted by Crippen LogP contribution is -2.14. The summed E-state index contributed by atoms with van der Waals surface area (Å²) < 4.78 is 39.7. The molecule has 0 saturated heterocycles. The van der Waals surface area contributed by atoms with E-state index < -0.39 is 11.7 Å². The maximum absolute atomic E-state index is 13.2. The van der Waals surface area contributed by atoms with Crippen molar-refractivity contribution in [2.24, 2.45) is 0 Å². The molecular weight excluding hydrogens is 465 g/mol. The molecule has 0 radical (unpaired) electrons. The first kappa shape index (κ1) is 24.8. The summed E-state index contributed by atoms with van der Waals surface area (Å²) in [5.41, 5.74) is 3.35. The van der Waals surface area contributed by atoms with Crippen LogP contribution >= 0.6 is 0 Å². The van der Waals surface area contributed by atoms with Gasteiger partial charge in [0, 0.05) is 49.3 Å². The lowest BCUT2D eigenvalue weighted by molar-refractivity contribution is -0.138. The Hall–Kier alpha value is -4.33. The number of nitrogens with zero attached hydrogens (tertiary/aromatic N) is 2. The first-order valence-electron chi connectivity index (χ1n) is 11.2. The highest BCUT2D eigenvalue weighted by Gasteiger charge is 2.32. The molecule has 0 aliphatic heterocycles. The predicted octanol–water partition coefficient (Wildman–Crippen LogP) is 6.70. The fourth-order valence-electron chi connectivity index (χ4n) is 3.70. The standard InChI is InChI=1S/C28H25F3N4O/c1-35(2)24-13-10-19(11-14-24)21-12-15-26(33-17-21)34-27(36)20-7-5-8-23(16-20)32-18-22-6-3-4-9-25(22)28(29,30)31/h3-17,32H,18H2,1-2H3,(H,33,34,36). The fourth-order valence-corrected chi connectivity index (χ4v) is 3.70. The summed E-state index contributed by atoms with van der Waals surface area (Å²) >= 11 is 0. The van der Waals surface area contributed by atoms with Gasteiger partial charge in [-0.25, -0.2) is 4.98 Å². The second-order valence-corrected chi connectivity index (χ2v) is 8.42. The van der Waals surface area contributed by atoms with Gasteiger partial charge in [0.15, 0.2) is 0 Å². The van der Waals surface area contributed by atoms with Crippen molar-refractivity contribution < 1.29 is 18.0 Å². The minimum absolute atomic E-state index is 0.0285. The zero-order valence-corrected chi connectivity index (χ0v) is 19.8. The van der Waals surface area contributed by atoms with E-state index in [1.165, 1.54) is 12.1 Å². The van der Waals surface area contributed by atoms with Crippen LogP contribution in [-0.4, -0.2) is 25.0 Å². The number of carbonyl (C=O) groups is 1. The molecule has 3 aromatic carbocycles. The number of pyridine rings is 1. The first-order chi connectivity index (χ1) is 17.2. The molecular formula is C28H25F3N4O. The maximum atomic E-state index is 13.2. The Kier molecular flexibility index (Phi) is 7.24. The van der Waals surface area contributed by atoms with Gasteiger partial charge >= 0.3 is 6.18 Å². The molecule has 0 spiro atoms. The van der Waals surface area contributed by atoms with Gasteiger partial charge in [0.1, 0.15) is 5.82 Å². The van der Waals surface area contributed by atoms with Gasteiger partial charge in [-0.05, 0) is 59.7 Å². The smallest absolute Gasteiger partial charge is 0.381 e. The van der Waals surface area contributed by atoms with Gasteiger partial charge in [-0.2, -0.15) is 13.2 Å². The van der Waals surface area contributed by atoms with E-state index in [2.05, 4.69) is 15.6 Å². The number of anilines is 3. The maximum Gasteiger partial charge on any atom is 0.416 e. The van der Waals surface area contributed by atoms with E-state index in [0.29, 0.717) is 17.1 Å². The van der Waals surface area contributed by atoms with E-state index >= 15 is 0 Å². The van der Waals surface area contributed by atoms with Crippen molar-refractivity contribution >= 4 is 23.1 Å². The molecule has 4 rings (SSSR count). The van der Waals surface area contributed by atoms with E-state index in [4.69, 9.17) is 0 Å². The third-order valence-corrected chi connectivity index (χ3v) is 5.65. The van der Waals surface area contributed by atoms with Crippen molar-refractivity contribution in [1.82, 2.24) is 4.98 Å². The first-order valence-corrected chi connectivity index (χ1v) is 11.2. The van der Waals surface area contributed by atoms with Crippen LogP contribution in [0.2, 0.25) is 0 Å². The van der Waals surface area contributed by atoms with Gasteiger partial charge in [-0.3, -0.25) is 4.79 Å². The van der Waals surface area contributed by atoms with E-state index in [9.17, 15) is 18.0 Å². The van der Waals surface area contributed by atoms with E-state index in [1.54, 1.807) is 42.6 Å². The second-order valence-electron chi connectivity index (χ2n) is 8.42. The number of aromatic nitrogens is 1. The number of halogens is 3. The molecule has 4 aromatic rings. The summed E-state index contributed by atoms with van der Waals surface area (Å²) in [7, 11) is 3.96. The van der Waals surface area contributed by atoms with Gasteiger partial charge in [0.05, 0.1) is 5.56 Å². The number of amides is 1. The molecule has 0 saturated carbocycles. The number of nitrogens with one attached hydrogen (secondary N) is 2. The van der Waals surface area contributed by atoms with Crippen LogP contribution in [-0.2, 0) is 12.7 Å². The third-order valence-electron chi connectivity index (χ3n) is 5.65. The van der Waals surface area contributed by atoms with Crippen LogP contribution in [0.1, 0.15) is 21.5 Å². The van der Waals surface area contributed by atoms with Crippen LogP contribution in [0, 0.1) is 0 Å². The highest BCUT2D eigenvalue weighted by Crippen LogP contribution is 2.32. The van der Waals surface area contributed by atoms with Crippen molar-refractivity contribution in [3.05, 3.63) is 108 Å². The van der Waals surface area contributed by atoms with E-state index in [0.717, 1.165) is 22.9 Å². The largest absolute Gasteiger partial charge is 0.416 e. The molecule has 1 aromatic heterocycles. The zero-order chi connectivity index (χ0) is 25.7. The molecule has 0 bridgehead atoms. The average Bonchev–Trinajstić information content (AvgIpc) is 2.88. The topological polar surface area (TPSA) is 57.3 Å². The number of benzene rings is 3. The molecule has 2 N–H and O–H groups in total. The number of hydrogen-bond donors (Lipinski definition) is 2. The van der Waals surface area contributed by atoms with Crippen LogP contribution < -0.4 is 15.5 Å². The third kappa shape index (κ3) is 6.02. The zero-order valence-electron chi connectivity index (χ0n) is 19.8. The molecule has 184 valence electrons. The van der Waals surface area contributed by atoms with Gasteiger partial charge in [0.25, 0.3) is 5.91 Å². The van der Waals surface area contributed by atoms with Gasteiger partial charge < -0.3 is 15.5 Å². The Bertz CT molecular complexity index is 1330. The minimum atomic E-state index is -4.43. The number of hydrogen-bond acceptors (Lipinski definition) is 4. The van der Waals surface area contributed by atoms with Crippen LogP contribution in [0.25, 0.3) is 11.1 Å². The van der Waals surface area contributed by atoms with Crippen LogP contribution in [0.4, 0.5) is 30.4 Å². The average molecular weight is 491 g/mol. The van der Waals surface area contributed by atoms with E-state index in [-0.39, 0.29) is 18.0 Å². The summed E-state index contributed by atoms with van der Waals surface area (Å²) in [6, 6.07) is 23.7. The van der Waals surface area contributed by atoms with Crippen molar-refractivity contribution in [1.29, 1.82) is 0 Å². The van der Waals surface area contributed by atoms with Crippen molar-refractivity contribution in [2.75, 3.05) is 29.6 Å². The normalized spacial score (nSPS) is 11.1. The lowest BCUT2D eigenvalue weighted by atomic mass is 10.1. The summed E-state index contributed by atoms with van der Waals surface area (Å²) in [5, 5.41) is 5.73. The minimum Gasteiger partial charge on any atom is -0.381 e.